The van der Waals surface area contributed by atoms with Crippen molar-refractivity contribution < 1.29 is 0 Å². The fourth-order valence-electron chi connectivity index (χ4n) is 6.19. The van der Waals surface area contributed by atoms with Crippen LogP contribution in [0.3, 0.4) is 0 Å². The Morgan fingerprint density at radius 2 is 1.36 bits per heavy atom. The van der Waals surface area contributed by atoms with Crippen LogP contribution < -0.4 is 0 Å². The number of fused-ring (bicyclic) bond motifs is 7. The Bertz CT molecular complexity index is 1690. The molecule has 1 unspecified atom stereocenters. The van der Waals surface area contributed by atoms with E-state index in [2.05, 4.69) is 138 Å². The zero-order valence-corrected chi connectivity index (χ0v) is 25.6. The highest BCUT2D eigenvalue weighted by Gasteiger charge is 2.51. The molecule has 0 aliphatic heterocycles. The molecule has 1 spiro atoms. The van der Waals surface area contributed by atoms with Crippen LogP contribution in [0.4, 0.5) is 0 Å². The SMILES string of the molecule is C=C/C=C(/C)C/C=C(\C)C=C.C=C/C=C(\C)c1ccc2c(c1)C1(C(/C=C\C)=C(C=C)c3ccccc31)c1ccccc1-2. The van der Waals surface area contributed by atoms with Gasteiger partial charge < -0.3 is 0 Å². The van der Waals surface area contributed by atoms with Crippen molar-refractivity contribution in [2.24, 2.45) is 0 Å². The van der Waals surface area contributed by atoms with Crippen LogP contribution >= 0.6 is 0 Å². The number of rotatable bonds is 8. The van der Waals surface area contributed by atoms with Crippen LogP contribution in [0.5, 0.6) is 0 Å². The Morgan fingerprint density at radius 1 is 0.738 bits per heavy atom. The van der Waals surface area contributed by atoms with Crippen molar-refractivity contribution in [1.82, 2.24) is 0 Å². The van der Waals surface area contributed by atoms with Gasteiger partial charge in [-0.1, -0.05) is 153 Å². The minimum absolute atomic E-state index is 0.330. The van der Waals surface area contributed by atoms with E-state index in [1.165, 1.54) is 66.8 Å². The van der Waals surface area contributed by atoms with Gasteiger partial charge in [0.1, 0.15) is 0 Å². The molecule has 5 rings (SSSR count). The fourth-order valence-corrected chi connectivity index (χ4v) is 6.19. The highest BCUT2D eigenvalue weighted by Crippen LogP contribution is 2.62. The molecule has 2 aliphatic rings. The summed E-state index contributed by atoms with van der Waals surface area (Å²) in [6.07, 6.45) is 19.2. The van der Waals surface area contributed by atoms with Gasteiger partial charge in [-0.3, -0.25) is 0 Å². The standard InChI is InChI=1S/C31H26.C11H16/c1-5-12-21(4)22-18-19-26-25-15-9-11-17-29(25)31(30(26)20-22)27(13-6-2)23(7-3)24-14-8-10-16-28(24)31;1-5-7-11(4)9-8-10(3)6-2/h5-20H,1,3H2,2,4H3;5-8H,1-2,9H2,3-4H3/b13-6-,21-12+;10-8+,11-7-. The maximum absolute atomic E-state index is 4.20. The number of benzene rings is 3. The predicted molar refractivity (Wildman–Crippen MR) is 187 cm³/mol. The van der Waals surface area contributed by atoms with Crippen LogP contribution in [0.15, 0.2) is 164 Å². The van der Waals surface area contributed by atoms with Crippen LogP contribution in [0, 0.1) is 0 Å². The normalized spacial score (nSPS) is 17.4. The third kappa shape index (κ3) is 5.33. The second kappa shape index (κ2) is 13.3. The molecule has 0 saturated carbocycles. The average molecular weight is 547 g/mol. The van der Waals surface area contributed by atoms with Gasteiger partial charge in [0.15, 0.2) is 0 Å². The highest BCUT2D eigenvalue weighted by molar-refractivity contribution is 5.98. The lowest BCUT2D eigenvalue weighted by Gasteiger charge is -2.32. The van der Waals surface area contributed by atoms with Crippen molar-refractivity contribution in [3.63, 3.8) is 0 Å². The summed E-state index contributed by atoms with van der Waals surface area (Å²) in [6.45, 7) is 23.8. The van der Waals surface area contributed by atoms with E-state index in [0.29, 0.717) is 0 Å². The first-order valence-corrected chi connectivity index (χ1v) is 14.6. The smallest absolute Gasteiger partial charge is 0.0725 e. The maximum atomic E-state index is 4.20. The van der Waals surface area contributed by atoms with Crippen LogP contribution in [0.25, 0.3) is 22.3 Å². The van der Waals surface area contributed by atoms with E-state index >= 15 is 0 Å². The molecular formula is C42H42. The van der Waals surface area contributed by atoms with E-state index in [-0.39, 0.29) is 5.41 Å². The average Bonchev–Trinajstić information content (AvgIpc) is 3.46. The van der Waals surface area contributed by atoms with Crippen molar-refractivity contribution in [2.75, 3.05) is 0 Å². The molecule has 1 atom stereocenters. The van der Waals surface area contributed by atoms with E-state index in [1.807, 2.05) is 37.3 Å². The van der Waals surface area contributed by atoms with Gasteiger partial charge in [-0.15, -0.1) is 0 Å². The van der Waals surface area contributed by atoms with Gasteiger partial charge in [-0.05, 0) is 95.8 Å². The fraction of sp³-hybridized carbons (Fsp3) is 0.143. The summed E-state index contributed by atoms with van der Waals surface area (Å²) in [5, 5.41) is 0. The molecule has 0 N–H and O–H groups in total. The van der Waals surface area contributed by atoms with Gasteiger partial charge >= 0.3 is 0 Å². The van der Waals surface area contributed by atoms with Gasteiger partial charge in [-0.25, -0.2) is 0 Å². The van der Waals surface area contributed by atoms with E-state index < -0.39 is 0 Å². The highest BCUT2D eigenvalue weighted by atomic mass is 14.5. The lowest BCUT2D eigenvalue weighted by molar-refractivity contribution is 0.785. The summed E-state index contributed by atoms with van der Waals surface area (Å²) < 4.78 is 0. The van der Waals surface area contributed by atoms with Gasteiger partial charge in [0, 0.05) is 0 Å². The molecule has 0 amide bonds. The molecule has 0 heteroatoms. The Kier molecular flexibility index (Phi) is 9.60. The Labute approximate surface area is 253 Å². The summed E-state index contributed by atoms with van der Waals surface area (Å²) in [6, 6.07) is 24.6. The van der Waals surface area contributed by atoms with E-state index in [0.717, 1.165) is 6.42 Å². The molecule has 0 saturated heterocycles. The molecule has 0 fully saturated rings. The van der Waals surface area contributed by atoms with Crippen LogP contribution in [0.1, 0.15) is 61.9 Å². The minimum Gasteiger partial charge on any atom is -0.0991 e. The van der Waals surface area contributed by atoms with Crippen molar-refractivity contribution in [3.8, 4) is 11.1 Å². The molecule has 3 aromatic rings. The van der Waals surface area contributed by atoms with Gasteiger partial charge in [0.2, 0.25) is 0 Å². The zero-order valence-electron chi connectivity index (χ0n) is 25.6. The molecule has 210 valence electrons. The second-order valence-corrected chi connectivity index (χ2v) is 10.8. The summed E-state index contributed by atoms with van der Waals surface area (Å²) in [5.74, 6) is 0. The molecule has 3 aromatic carbocycles. The minimum atomic E-state index is -0.330. The largest absolute Gasteiger partial charge is 0.0991 e. The van der Waals surface area contributed by atoms with Crippen molar-refractivity contribution in [3.05, 3.63) is 192 Å². The number of hydrogen-bond acceptors (Lipinski definition) is 0. The van der Waals surface area contributed by atoms with Crippen LogP contribution in [-0.4, -0.2) is 0 Å². The van der Waals surface area contributed by atoms with Crippen molar-refractivity contribution >= 4 is 11.1 Å². The first-order valence-electron chi connectivity index (χ1n) is 14.6. The quantitative estimate of drug-likeness (QED) is 0.246. The van der Waals surface area contributed by atoms with Gasteiger partial charge in [0.25, 0.3) is 0 Å². The summed E-state index contributed by atoms with van der Waals surface area (Å²) in [4.78, 5) is 0. The summed E-state index contributed by atoms with van der Waals surface area (Å²) in [7, 11) is 0. The van der Waals surface area contributed by atoms with Crippen molar-refractivity contribution in [1.29, 1.82) is 0 Å². The first-order chi connectivity index (χ1) is 20.4. The van der Waals surface area contributed by atoms with Crippen LogP contribution in [0.2, 0.25) is 0 Å². The van der Waals surface area contributed by atoms with Crippen molar-refractivity contribution in [2.45, 2.75) is 39.5 Å². The number of allylic oxidation sites excluding steroid dienone is 14. The predicted octanol–water partition coefficient (Wildman–Crippen LogP) is 11.8. The molecule has 0 radical (unpaired) electrons. The summed E-state index contributed by atoms with van der Waals surface area (Å²) >= 11 is 0. The van der Waals surface area contributed by atoms with Gasteiger partial charge in [-0.2, -0.15) is 0 Å². The molecular weight excluding hydrogens is 504 g/mol. The van der Waals surface area contributed by atoms with E-state index in [9.17, 15) is 0 Å². The lowest BCUT2D eigenvalue weighted by atomic mass is 9.69. The number of hydrogen-bond donors (Lipinski definition) is 0. The molecule has 0 bridgehead atoms. The Morgan fingerprint density at radius 3 is 1.98 bits per heavy atom. The van der Waals surface area contributed by atoms with Gasteiger partial charge in [0.05, 0.1) is 5.41 Å². The zero-order chi connectivity index (χ0) is 30.3. The lowest BCUT2D eigenvalue weighted by Crippen LogP contribution is -2.26. The monoisotopic (exact) mass is 546 g/mol. The summed E-state index contributed by atoms with van der Waals surface area (Å²) in [5.41, 5.74) is 15.1. The molecule has 0 heterocycles. The van der Waals surface area contributed by atoms with E-state index in [1.54, 1.807) is 0 Å². The van der Waals surface area contributed by atoms with E-state index in [4.69, 9.17) is 0 Å². The third-order valence-electron chi connectivity index (χ3n) is 8.19. The topological polar surface area (TPSA) is 0 Å². The Hall–Kier alpha value is -4.68. The molecule has 0 nitrogen and oxygen atoms in total. The molecule has 42 heavy (non-hydrogen) atoms. The first kappa shape index (κ1) is 30.3. The second-order valence-electron chi connectivity index (χ2n) is 10.8. The Balaban J connectivity index is 0.000000315. The molecule has 0 aromatic heterocycles. The third-order valence-corrected chi connectivity index (χ3v) is 8.19. The maximum Gasteiger partial charge on any atom is 0.0725 e. The molecule has 2 aliphatic carbocycles. The van der Waals surface area contributed by atoms with Crippen LogP contribution in [-0.2, 0) is 5.41 Å².